The molecule has 2 aliphatic rings. The van der Waals surface area contributed by atoms with Crippen LogP contribution in [0.15, 0.2) is 0 Å². The van der Waals surface area contributed by atoms with Crippen LogP contribution in [-0.2, 0) is 9.47 Å². The van der Waals surface area contributed by atoms with Gasteiger partial charge >= 0.3 is 0 Å². The summed E-state index contributed by atoms with van der Waals surface area (Å²) in [5.41, 5.74) is 0.394. The van der Waals surface area contributed by atoms with Gasteiger partial charge in [0.1, 0.15) is 0 Å². The molecule has 1 aliphatic heterocycles. The van der Waals surface area contributed by atoms with Crippen LogP contribution in [-0.4, -0.2) is 31.3 Å². The van der Waals surface area contributed by atoms with Gasteiger partial charge in [-0.2, -0.15) is 0 Å². The molecule has 18 heavy (non-hydrogen) atoms. The van der Waals surface area contributed by atoms with Gasteiger partial charge in [-0.15, -0.1) is 0 Å². The molecule has 0 aromatic heterocycles. The van der Waals surface area contributed by atoms with Crippen LogP contribution in [0, 0.1) is 5.41 Å². The van der Waals surface area contributed by atoms with Gasteiger partial charge in [0.2, 0.25) is 0 Å². The Hall–Kier alpha value is 0.400. The highest BCUT2D eigenvalue weighted by molar-refractivity contribution is 9.09. The molecule has 1 heterocycles. The Labute approximate surface area is 120 Å². The molecule has 0 radical (unpaired) electrons. The van der Waals surface area contributed by atoms with Crippen molar-refractivity contribution in [2.45, 2.75) is 63.9 Å². The fourth-order valence-electron chi connectivity index (χ4n) is 3.14. The van der Waals surface area contributed by atoms with Crippen LogP contribution < -0.4 is 0 Å². The average Bonchev–Trinajstić information content (AvgIpc) is 2.66. The summed E-state index contributed by atoms with van der Waals surface area (Å²) in [7, 11) is 0. The first-order valence-electron chi connectivity index (χ1n) is 7.60. The SMILES string of the molecule is BrCC1(COCC2CCCCO2)CCCCCC1. The molecule has 1 atom stereocenters. The zero-order valence-electron chi connectivity index (χ0n) is 11.5. The second kappa shape index (κ2) is 7.86. The van der Waals surface area contributed by atoms with E-state index in [1.807, 2.05) is 0 Å². The first kappa shape index (κ1) is 14.8. The van der Waals surface area contributed by atoms with Gasteiger partial charge in [0.25, 0.3) is 0 Å². The van der Waals surface area contributed by atoms with Crippen LogP contribution in [0.1, 0.15) is 57.8 Å². The van der Waals surface area contributed by atoms with Gasteiger partial charge in [0, 0.05) is 17.4 Å². The molecule has 1 aliphatic carbocycles. The maximum absolute atomic E-state index is 6.01. The fourth-order valence-corrected chi connectivity index (χ4v) is 3.86. The van der Waals surface area contributed by atoms with Crippen molar-refractivity contribution in [3.05, 3.63) is 0 Å². The molecule has 0 aromatic rings. The molecule has 1 saturated heterocycles. The van der Waals surface area contributed by atoms with Crippen molar-refractivity contribution in [2.75, 3.05) is 25.2 Å². The number of rotatable bonds is 5. The zero-order valence-corrected chi connectivity index (χ0v) is 13.1. The molecule has 0 spiro atoms. The minimum Gasteiger partial charge on any atom is -0.378 e. The molecule has 1 saturated carbocycles. The molecule has 0 amide bonds. The van der Waals surface area contributed by atoms with Crippen molar-refractivity contribution in [1.82, 2.24) is 0 Å². The Balaban J connectivity index is 1.71. The normalized spacial score (nSPS) is 28.8. The van der Waals surface area contributed by atoms with E-state index in [0.717, 1.165) is 25.2 Å². The van der Waals surface area contributed by atoms with Gasteiger partial charge in [-0.05, 0) is 32.1 Å². The Bertz CT molecular complexity index is 219. The molecule has 2 nitrogen and oxygen atoms in total. The first-order chi connectivity index (χ1) is 8.85. The van der Waals surface area contributed by atoms with Crippen molar-refractivity contribution in [3.63, 3.8) is 0 Å². The van der Waals surface area contributed by atoms with E-state index >= 15 is 0 Å². The van der Waals surface area contributed by atoms with Gasteiger partial charge < -0.3 is 9.47 Å². The summed E-state index contributed by atoms with van der Waals surface area (Å²) >= 11 is 3.72. The Morgan fingerprint density at radius 1 is 1.06 bits per heavy atom. The summed E-state index contributed by atoms with van der Waals surface area (Å²) in [5, 5.41) is 1.09. The molecule has 0 aromatic carbocycles. The van der Waals surface area contributed by atoms with Crippen molar-refractivity contribution in [2.24, 2.45) is 5.41 Å². The minimum absolute atomic E-state index is 0.358. The molecule has 3 heteroatoms. The lowest BCUT2D eigenvalue weighted by Gasteiger charge is -2.31. The monoisotopic (exact) mass is 318 g/mol. The van der Waals surface area contributed by atoms with Gasteiger partial charge in [-0.25, -0.2) is 0 Å². The summed E-state index contributed by atoms with van der Waals surface area (Å²) in [5.74, 6) is 0. The second-order valence-corrected chi connectivity index (χ2v) is 6.61. The molecule has 1 unspecified atom stereocenters. The third kappa shape index (κ3) is 4.50. The zero-order chi connectivity index (χ0) is 12.7. The van der Waals surface area contributed by atoms with E-state index in [4.69, 9.17) is 9.47 Å². The summed E-state index contributed by atoms with van der Waals surface area (Å²) in [4.78, 5) is 0. The van der Waals surface area contributed by atoms with E-state index < -0.39 is 0 Å². The highest BCUT2D eigenvalue weighted by atomic mass is 79.9. The molecule has 2 rings (SSSR count). The maximum atomic E-state index is 6.01. The minimum atomic E-state index is 0.358. The van der Waals surface area contributed by atoms with Crippen molar-refractivity contribution in [3.8, 4) is 0 Å². The molecule has 0 bridgehead atoms. The number of halogens is 1. The van der Waals surface area contributed by atoms with Gasteiger partial charge in [0.15, 0.2) is 0 Å². The standard InChI is InChI=1S/C15H27BrO2/c16-12-15(8-4-1-2-5-9-15)13-17-11-14-7-3-6-10-18-14/h14H,1-13H2. The third-order valence-electron chi connectivity index (χ3n) is 4.43. The summed E-state index contributed by atoms with van der Waals surface area (Å²) < 4.78 is 11.7. The van der Waals surface area contributed by atoms with Crippen LogP contribution in [0.5, 0.6) is 0 Å². The lowest BCUT2D eigenvalue weighted by Crippen LogP contribution is -2.32. The van der Waals surface area contributed by atoms with E-state index in [1.54, 1.807) is 0 Å². The van der Waals surface area contributed by atoms with Crippen LogP contribution in [0.25, 0.3) is 0 Å². The van der Waals surface area contributed by atoms with Gasteiger partial charge in [0.05, 0.1) is 19.3 Å². The molecule has 0 N–H and O–H groups in total. The molecule has 106 valence electrons. The van der Waals surface area contributed by atoms with E-state index in [-0.39, 0.29) is 0 Å². The Morgan fingerprint density at radius 3 is 2.44 bits per heavy atom. The Kier molecular flexibility index (Phi) is 6.46. The average molecular weight is 319 g/mol. The lowest BCUT2D eigenvalue weighted by molar-refractivity contribution is -0.0578. The van der Waals surface area contributed by atoms with Crippen LogP contribution in [0.3, 0.4) is 0 Å². The van der Waals surface area contributed by atoms with Gasteiger partial charge in [-0.1, -0.05) is 41.6 Å². The summed E-state index contributed by atoms with van der Waals surface area (Å²) in [6, 6.07) is 0. The number of hydrogen-bond acceptors (Lipinski definition) is 2. The van der Waals surface area contributed by atoms with E-state index in [1.165, 1.54) is 57.8 Å². The first-order valence-corrected chi connectivity index (χ1v) is 8.72. The lowest BCUT2D eigenvalue weighted by atomic mass is 9.83. The van der Waals surface area contributed by atoms with Crippen LogP contribution >= 0.6 is 15.9 Å². The topological polar surface area (TPSA) is 18.5 Å². The fraction of sp³-hybridized carbons (Fsp3) is 1.00. The smallest absolute Gasteiger partial charge is 0.0808 e. The quantitative estimate of drug-likeness (QED) is 0.555. The number of ether oxygens (including phenoxy) is 2. The maximum Gasteiger partial charge on any atom is 0.0808 e. The van der Waals surface area contributed by atoms with Crippen molar-refractivity contribution >= 4 is 15.9 Å². The van der Waals surface area contributed by atoms with Crippen LogP contribution in [0.4, 0.5) is 0 Å². The molecular formula is C15H27BrO2. The highest BCUT2D eigenvalue weighted by Crippen LogP contribution is 2.37. The summed E-state index contributed by atoms with van der Waals surface area (Å²) in [6.45, 7) is 2.64. The molecular weight excluding hydrogens is 292 g/mol. The number of hydrogen-bond donors (Lipinski definition) is 0. The number of alkyl halides is 1. The second-order valence-electron chi connectivity index (χ2n) is 6.05. The summed E-state index contributed by atoms with van der Waals surface area (Å²) in [6.07, 6.45) is 12.3. The molecule has 2 fully saturated rings. The van der Waals surface area contributed by atoms with Gasteiger partial charge in [-0.3, -0.25) is 0 Å². The van der Waals surface area contributed by atoms with Crippen molar-refractivity contribution in [1.29, 1.82) is 0 Å². The highest BCUT2D eigenvalue weighted by Gasteiger charge is 2.30. The Morgan fingerprint density at radius 2 is 1.83 bits per heavy atom. The predicted octanol–water partition coefficient (Wildman–Crippen LogP) is 4.31. The van der Waals surface area contributed by atoms with E-state index in [2.05, 4.69) is 15.9 Å². The van der Waals surface area contributed by atoms with E-state index in [9.17, 15) is 0 Å². The van der Waals surface area contributed by atoms with Crippen LogP contribution in [0.2, 0.25) is 0 Å². The van der Waals surface area contributed by atoms with E-state index in [0.29, 0.717) is 11.5 Å². The predicted molar refractivity (Wildman–Crippen MR) is 78.3 cm³/mol. The third-order valence-corrected chi connectivity index (χ3v) is 5.62. The van der Waals surface area contributed by atoms with Crippen molar-refractivity contribution < 1.29 is 9.47 Å². The largest absolute Gasteiger partial charge is 0.378 e.